The number of rotatable bonds is 7. The number of carbonyl (C=O) groups excluding carboxylic acids is 1. The quantitative estimate of drug-likeness (QED) is 0.808. The standard InChI is InChI=1S/C19H24N2O2/c1-4-11-23-17-9-7-16(8-10-17)21-19(22)13-20-18-12-14(2)5-6-15(18)3/h5-10,12,20H,4,11,13H2,1-3H3,(H,21,22). The van der Waals surface area contributed by atoms with Gasteiger partial charge in [0.05, 0.1) is 13.2 Å². The molecule has 2 N–H and O–H groups in total. The second kappa shape index (κ2) is 8.22. The smallest absolute Gasteiger partial charge is 0.243 e. The summed E-state index contributed by atoms with van der Waals surface area (Å²) in [5.41, 5.74) is 4.05. The van der Waals surface area contributed by atoms with Crippen molar-refractivity contribution in [3.8, 4) is 5.75 Å². The minimum Gasteiger partial charge on any atom is -0.494 e. The van der Waals surface area contributed by atoms with Crippen LogP contribution in [0, 0.1) is 13.8 Å². The van der Waals surface area contributed by atoms with E-state index in [0.29, 0.717) is 6.61 Å². The maximum Gasteiger partial charge on any atom is 0.243 e. The summed E-state index contributed by atoms with van der Waals surface area (Å²) in [6.07, 6.45) is 0.975. The van der Waals surface area contributed by atoms with Crippen LogP contribution in [0.5, 0.6) is 5.75 Å². The Bertz CT molecular complexity index is 651. The first-order valence-corrected chi connectivity index (χ1v) is 7.92. The van der Waals surface area contributed by atoms with Gasteiger partial charge in [-0.05, 0) is 61.7 Å². The zero-order valence-corrected chi connectivity index (χ0v) is 14.0. The monoisotopic (exact) mass is 312 g/mol. The van der Waals surface area contributed by atoms with Gasteiger partial charge in [-0.3, -0.25) is 4.79 Å². The molecule has 0 spiro atoms. The lowest BCUT2D eigenvalue weighted by Gasteiger charge is -2.11. The second-order valence-corrected chi connectivity index (χ2v) is 5.59. The van der Waals surface area contributed by atoms with Crippen LogP contribution in [0.15, 0.2) is 42.5 Å². The first kappa shape index (κ1) is 16.9. The minimum atomic E-state index is -0.0758. The van der Waals surface area contributed by atoms with Gasteiger partial charge in [-0.25, -0.2) is 0 Å². The highest BCUT2D eigenvalue weighted by Crippen LogP contribution is 2.17. The Hall–Kier alpha value is -2.49. The molecule has 1 amide bonds. The highest BCUT2D eigenvalue weighted by molar-refractivity contribution is 5.93. The minimum absolute atomic E-state index is 0.0758. The molecule has 4 nitrogen and oxygen atoms in total. The Kier molecular flexibility index (Phi) is 6.03. The molecule has 0 saturated carbocycles. The van der Waals surface area contributed by atoms with E-state index >= 15 is 0 Å². The number of carbonyl (C=O) groups is 1. The fourth-order valence-corrected chi connectivity index (χ4v) is 2.16. The molecule has 4 heteroatoms. The zero-order chi connectivity index (χ0) is 16.7. The molecule has 0 saturated heterocycles. The molecule has 0 aliphatic rings. The molecule has 2 aromatic rings. The summed E-state index contributed by atoms with van der Waals surface area (Å²) in [6, 6.07) is 13.6. The Morgan fingerprint density at radius 2 is 1.83 bits per heavy atom. The van der Waals surface area contributed by atoms with Crippen molar-refractivity contribution in [2.24, 2.45) is 0 Å². The first-order chi connectivity index (χ1) is 11.1. The van der Waals surface area contributed by atoms with Crippen LogP contribution in [-0.2, 0) is 4.79 Å². The van der Waals surface area contributed by atoms with Gasteiger partial charge in [0.1, 0.15) is 5.75 Å². The molecular weight excluding hydrogens is 288 g/mol. The summed E-state index contributed by atoms with van der Waals surface area (Å²) in [4.78, 5) is 12.0. The molecule has 0 bridgehead atoms. The molecule has 2 rings (SSSR count). The molecule has 0 unspecified atom stereocenters. The van der Waals surface area contributed by atoms with E-state index in [-0.39, 0.29) is 12.5 Å². The first-order valence-electron chi connectivity index (χ1n) is 7.92. The van der Waals surface area contributed by atoms with Crippen molar-refractivity contribution < 1.29 is 9.53 Å². The SMILES string of the molecule is CCCOc1ccc(NC(=O)CNc2cc(C)ccc2C)cc1. The number of nitrogens with one attached hydrogen (secondary N) is 2. The van der Waals surface area contributed by atoms with Gasteiger partial charge in [0.2, 0.25) is 5.91 Å². The van der Waals surface area contributed by atoms with Gasteiger partial charge in [0, 0.05) is 11.4 Å². The number of anilines is 2. The summed E-state index contributed by atoms with van der Waals surface area (Å²) in [6.45, 7) is 7.06. The molecule has 0 heterocycles. The van der Waals surface area contributed by atoms with Crippen molar-refractivity contribution >= 4 is 17.3 Å². The van der Waals surface area contributed by atoms with E-state index in [1.165, 1.54) is 5.56 Å². The van der Waals surface area contributed by atoms with Crippen molar-refractivity contribution in [2.45, 2.75) is 27.2 Å². The van der Waals surface area contributed by atoms with Gasteiger partial charge in [-0.15, -0.1) is 0 Å². The number of aryl methyl sites for hydroxylation is 2. The van der Waals surface area contributed by atoms with Crippen molar-refractivity contribution in [1.82, 2.24) is 0 Å². The van der Waals surface area contributed by atoms with Crippen LogP contribution in [-0.4, -0.2) is 19.1 Å². The largest absolute Gasteiger partial charge is 0.494 e. The van der Waals surface area contributed by atoms with E-state index in [1.54, 1.807) is 0 Å². The van der Waals surface area contributed by atoms with E-state index in [9.17, 15) is 4.79 Å². The second-order valence-electron chi connectivity index (χ2n) is 5.59. The predicted molar refractivity (Wildman–Crippen MR) is 95.3 cm³/mol. The van der Waals surface area contributed by atoms with Crippen molar-refractivity contribution in [2.75, 3.05) is 23.8 Å². The summed E-state index contributed by atoms with van der Waals surface area (Å²) in [5.74, 6) is 0.742. The third-order valence-electron chi connectivity index (χ3n) is 3.44. The molecule has 122 valence electrons. The van der Waals surface area contributed by atoms with Crippen LogP contribution in [0.2, 0.25) is 0 Å². The fourth-order valence-electron chi connectivity index (χ4n) is 2.16. The Labute approximate surface area is 137 Å². The van der Waals surface area contributed by atoms with Gasteiger partial charge in [-0.2, -0.15) is 0 Å². The summed E-state index contributed by atoms with van der Waals surface area (Å²) >= 11 is 0. The molecule has 0 aliphatic carbocycles. The van der Waals surface area contributed by atoms with E-state index < -0.39 is 0 Å². The van der Waals surface area contributed by atoms with Crippen LogP contribution < -0.4 is 15.4 Å². The van der Waals surface area contributed by atoms with Crippen molar-refractivity contribution in [1.29, 1.82) is 0 Å². The van der Waals surface area contributed by atoms with Gasteiger partial charge < -0.3 is 15.4 Å². The lowest BCUT2D eigenvalue weighted by molar-refractivity contribution is -0.114. The highest BCUT2D eigenvalue weighted by atomic mass is 16.5. The third-order valence-corrected chi connectivity index (χ3v) is 3.44. The third kappa shape index (κ3) is 5.33. The van der Waals surface area contributed by atoms with Crippen LogP contribution in [0.3, 0.4) is 0 Å². The highest BCUT2D eigenvalue weighted by Gasteiger charge is 2.04. The molecule has 0 atom stereocenters. The number of hydrogen-bond acceptors (Lipinski definition) is 3. The lowest BCUT2D eigenvalue weighted by Crippen LogP contribution is -2.22. The van der Waals surface area contributed by atoms with E-state index in [1.807, 2.05) is 50.2 Å². The maximum atomic E-state index is 12.0. The zero-order valence-electron chi connectivity index (χ0n) is 14.0. The maximum absolute atomic E-state index is 12.0. The number of ether oxygens (including phenoxy) is 1. The number of benzene rings is 2. The normalized spacial score (nSPS) is 10.2. The Morgan fingerprint density at radius 1 is 1.09 bits per heavy atom. The molecule has 23 heavy (non-hydrogen) atoms. The Morgan fingerprint density at radius 3 is 2.52 bits per heavy atom. The summed E-state index contributed by atoms with van der Waals surface area (Å²) in [5, 5.41) is 6.05. The summed E-state index contributed by atoms with van der Waals surface area (Å²) < 4.78 is 5.52. The van der Waals surface area contributed by atoms with E-state index in [0.717, 1.165) is 29.1 Å². The van der Waals surface area contributed by atoms with Crippen LogP contribution >= 0.6 is 0 Å². The average molecular weight is 312 g/mol. The number of hydrogen-bond donors (Lipinski definition) is 2. The average Bonchev–Trinajstić information content (AvgIpc) is 2.55. The molecule has 0 radical (unpaired) electrons. The van der Waals surface area contributed by atoms with Crippen molar-refractivity contribution in [3.63, 3.8) is 0 Å². The molecule has 2 aromatic carbocycles. The lowest BCUT2D eigenvalue weighted by atomic mass is 10.1. The topological polar surface area (TPSA) is 50.4 Å². The van der Waals surface area contributed by atoms with Gasteiger partial charge >= 0.3 is 0 Å². The molecule has 0 fully saturated rings. The van der Waals surface area contributed by atoms with E-state index in [2.05, 4.69) is 23.6 Å². The van der Waals surface area contributed by atoms with Gasteiger partial charge in [0.25, 0.3) is 0 Å². The number of amides is 1. The Balaban J connectivity index is 1.85. The molecular formula is C19H24N2O2. The van der Waals surface area contributed by atoms with Crippen LogP contribution in [0.4, 0.5) is 11.4 Å². The summed E-state index contributed by atoms with van der Waals surface area (Å²) in [7, 11) is 0. The molecule has 0 aromatic heterocycles. The van der Waals surface area contributed by atoms with Gasteiger partial charge in [-0.1, -0.05) is 19.1 Å². The van der Waals surface area contributed by atoms with Gasteiger partial charge in [0.15, 0.2) is 0 Å². The van der Waals surface area contributed by atoms with E-state index in [4.69, 9.17) is 4.74 Å². The fraction of sp³-hybridized carbons (Fsp3) is 0.316. The molecule has 0 aliphatic heterocycles. The van der Waals surface area contributed by atoms with Crippen molar-refractivity contribution in [3.05, 3.63) is 53.6 Å². The van der Waals surface area contributed by atoms with Crippen LogP contribution in [0.25, 0.3) is 0 Å². The predicted octanol–water partition coefficient (Wildman–Crippen LogP) is 4.14. The van der Waals surface area contributed by atoms with Crippen LogP contribution in [0.1, 0.15) is 24.5 Å².